The monoisotopic (exact) mass is 571 g/mol. The zero-order valence-electron chi connectivity index (χ0n) is 21.4. The molecule has 0 radical (unpaired) electrons. The first kappa shape index (κ1) is 26.3. The van der Waals surface area contributed by atoms with Crippen LogP contribution in [0.4, 0.5) is 20.7 Å². The van der Waals surface area contributed by atoms with E-state index in [1.807, 2.05) is 0 Å². The second-order valence-electron chi connectivity index (χ2n) is 10.6. The lowest BCUT2D eigenvalue weighted by atomic mass is 9.87. The van der Waals surface area contributed by atoms with Crippen molar-refractivity contribution in [3.63, 3.8) is 0 Å². The minimum Gasteiger partial charge on any atom is -0.351 e. The largest absolute Gasteiger partial charge is 0.351 e. The van der Waals surface area contributed by atoms with E-state index in [0.29, 0.717) is 66.5 Å². The Morgan fingerprint density at radius 2 is 1.75 bits per heavy atom. The molecule has 0 spiro atoms. The van der Waals surface area contributed by atoms with E-state index < -0.39 is 32.3 Å². The summed E-state index contributed by atoms with van der Waals surface area (Å²) < 4.78 is 54.4. The molecule has 1 aliphatic heterocycles. The van der Waals surface area contributed by atoms with Gasteiger partial charge in [-0.05, 0) is 62.7 Å². The van der Waals surface area contributed by atoms with Gasteiger partial charge in [-0.3, -0.25) is 14.9 Å². The van der Waals surface area contributed by atoms with Crippen molar-refractivity contribution in [3.05, 3.63) is 47.2 Å². The number of hydrogen-bond acceptors (Lipinski definition) is 9. The number of hydrogen-bond donors (Lipinski definition) is 3. The van der Waals surface area contributed by atoms with E-state index in [2.05, 4.69) is 31.0 Å². The second kappa shape index (κ2) is 10.2. The summed E-state index contributed by atoms with van der Waals surface area (Å²) in [7, 11) is -3.89. The number of benzene rings is 1. The van der Waals surface area contributed by atoms with Gasteiger partial charge in [-0.25, -0.2) is 17.2 Å². The van der Waals surface area contributed by atoms with E-state index in [9.17, 15) is 26.8 Å². The lowest BCUT2D eigenvalue weighted by Gasteiger charge is -2.29. The van der Waals surface area contributed by atoms with E-state index in [1.165, 1.54) is 0 Å². The molecule has 40 heavy (non-hydrogen) atoms. The highest BCUT2D eigenvalue weighted by molar-refractivity contribution is 7.91. The number of sulfone groups is 1. The normalized spacial score (nSPS) is 22.6. The van der Waals surface area contributed by atoms with Crippen LogP contribution in [-0.2, 0) is 19.4 Å². The van der Waals surface area contributed by atoms with Crippen molar-refractivity contribution in [2.45, 2.75) is 61.9 Å². The van der Waals surface area contributed by atoms with Gasteiger partial charge < -0.3 is 10.6 Å². The zero-order valence-corrected chi connectivity index (χ0v) is 22.2. The predicted octanol–water partition coefficient (Wildman–Crippen LogP) is 2.85. The van der Waals surface area contributed by atoms with Gasteiger partial charge in [0.2, 0.25) is 17.8 Å². The van der Waals surface area contributed by atoms with Crippen molar-refractivity contribution in [2.75, 3.05) is 16.4 Å². The number of rotatable bonds is 8. The Morgan fingerprint density at radius 1 is 1.02 bits per heavy atom. The highest BCUT2D eigenvalue weighted by atomic mass is 32.2. The van der Waals surface area contributed by atoms with Crippen LogP contribution >= 0.6 is 0 Å². The second-order valence-corrected chi connectivity index (χ2v) is 12.6. The number of nitrogens with zero attached hydrogens (tertiary/aromatic N) is 4. The van der Waals surface area contributed by atoms with Crippen LogP contribution in [0, 0.1) is 17.6 Å². The quantitative estimate of drug-likeness (QED) is 0.211. The Labute approximate surface area is 228 Å². The Bertz CT molecular complexity index is 1640. The lowest BCUT2D eigenvalue weighted by Crippen LogP contribution is -2.30. The first-order chi connectivity index (χ1) is 19.1. The average molecular weight is 572 g/mol. The van der Waals surface area contributed by atoms with Crippen LogP contribution in [-0.4, -0.2) is 57.7 Å². The molecule has 3 heterocycles. The van der Waals surface area contributed by atoms with Crippen LogP contribution in [0.25, 0.3) is 11.7 Å². The molecule has 11 nitrogen and oxygen atoms in total. The number of amides is 2. The highest BCUT2D eigenvalue weighted by Crippen LogP contribution is 2.31. The number of anilines is 2. The van der Waals surface area contributed by atoms with Gasteiger partial charge in [-0.2, -0.15) is 19.6 Å². The maximum Gasteiger partial charge on any atom is 0.254 e. The van der Waals surface area contributed by atoms with Gasteiger partial charge in [0.1, 0.15) is 16.5 Å². The summed E-state index contributed by atoms with van der Waals surface area (Å²) in [5.41, 5.74) is 1.38. The fraction of sp³-hybridized carbons (Fsp3) is 0.423. The molecule has 1 aromatic carbocycles. The van der Waals surface area contributed by atoms with E-state index >= 15 is 0 Å². The Hall–Kier alpha value is -3.94. The number of nitrogens with one attached hydrogen (secondary N) is 3. The molecule has 3 N–H and O–H groups in total. The molecule has 2 aromatic heterocycles. The number of carbonyl (C=O) groups is 2. The first-order valence-electron chi connectivity index (χ1n) is 13.2. The number of halogens is 2. The Kier molecular flexibility index (Phi) is 6.72. The first-order valence-corrected chi connectivity index (χ1v) is 14.8. The fourth-order valence-corrected chi connectivity index (χ4v) is 6.92. The lowest BCUT2D eigenvalue weighted by molar-refractivity contribution is -0.124. The number of fused-ring (bicyclic) bond motifs is 1. The Balaban J connectivity index is 1.17. The van der Waals surface area contributed by atoms with Gasteiger partial charge in [0, 0.05) is 29.3 Å². The molecule has 3 aliphatic rings. The van der Waals surface area contributed by atoms with Gasteiger partial charge in [-0.1, -0.05) is 0 Å². The molecule has 3 aromatic rings. The van der Waals surface area contributed by atoms with Gasteiger partial charge in [-0.15, -0.1) is 0 Å². The number of aromatic nitrogens is 4. The van der Waals surface area contributed by atoms with Gasteiger partial charge in [0.15, 0.2) is 15.5 Å². The summed E-state index contributed by atoms with van der Waals surface area (Å²) in [6, 6.07) is 2.79. The third kappa shape index (κ3) is 5.53. The van der Waals surface area contributed by atoms with Crippen LogP contribution in [0.3, 0.4) is 0 Å². The van der Waals surface area contributed by atoms with Crippen molar-refractivity contribution in [2.24, 2.45) is 5.92 Å². The molecule has 0 bridgehead atoms. The summed E-state index contributed by atoms with van der Waals surface area (Å²) in [6.45, 7) is 0. The summed E-state index contributed by atoms with van der Waals surface area (Å²) in [5.74, 6) is -2.17. The zero-order chi connectivity index (χ0) is 28.0. The highest BCUT2D eigenvalue weighted by Gasteiger charge is 2.30. The Morgan fingerprint density at radius 3 is 2.42 bits per heavy atom. The maximum absolute atomic E-state index is 14.1. The molecule has 6 rings (SSSR count). The van der Waals surface area contributed by atoms with E-state index in [-0.39, 0.29) is 30.0 Å². The third-order valence-corrected chi connectivity index (χ3v) is 9.31. The molecule has 210 valence electrons. The van der Waals surface area contributed by atoms with Crippen LogP contribution in [0.1, 0.15) is 50.5 Å². The summed E-state index contributed by atoms with van der Waals surface area (Å²) in [6.07, 6.45) is 7.72. The van der Waals surface area contributed by atoms with E-state index in [1.54, 1.807) is 16.8 Å². The van der Waals surface area contributed by atoms with Crippen LogP contribution < -0.4 is 16.0 Å². The molecule has 2 aliphatic carbocycles. The van der Waals surface area contributed by atoms with E-state index in [4.69, 9.17) is 0 Å². The summed E-state index contributed by atoms with van der Waals surface area (Å²) in [4.78, 5) is 32.5. The molecule has 0 atom stereocenters. The molecular weight excluding hydrogens is 544 g/mol. The van der Waals surface area contributed by atoms with Crippen LogP contribution in [0.15, 0.2) is 34.9 Å². The fourth-order valence-electron chi connectivity index (χ4n) is 5.16. The third-order valence-electron chi connectivity index (χ3n) is 7.40. The van der Waals surface area contributed by atoms with Crippen molar-refractivity contribution in [1.82, 2.24) is 24.9 Å². The number of imide groups is 1. The smallest absolute Gasteiger partial charge is 0.254 e. The molecule has 14 heteroatoms. The minimum atomic E-state index is -3.89. The van der Waals surface area contributed by atoms with Crippen molar-refractivity contribution < 1.29 is 26.8 Å². The molecule has 3 fully saturated rings. The predicted molar refractivity (Wildman–Crippen MR) is 141 cm³/mol. The van der Waals surface area contributed by atoms with Crippen molar-refractivity contribution in [1.29, 1.82) is 0 Å². The van der Waals surface area contributed by atoms with Crippen molar-refractivity contribution in [3.8, 4) is 0 Å². The van der Waals surface area contributed by atoms with Crippen LogP contribution in [0.5, 0.6) is 0 Å². The molecule has 2 saturated carbocycles. The van der Waals surface area contributed by atoms with Crippen LogP contribution in [0.2, 0.25) is 0 Å². The standard InChI is InChI=1S/C26H27F2N7O4S/c27-17-3-8-21(20(28)11-17)40(38,39)13-14-1-4-18(5-2-14)30-25-33-23-16(9-15-10-22(36)32-24(15)37)12-29-35(23)26(34-25)31-19-6-7-19/h3,8-9,11-12,14,18-19H,1-2,4-7,10,13H2,(H,32,36,37)(H2,30,31,33,34)/b15-9+. The maximum atomic E-state index is 14.1. The van der Waals surface area contributed by atoms with Gasteiger partial charge in [0.05, 0.1) is 18.4 Å². The van der Waals surface area contributed by atoms with Crippen molar-refractivity contribution >= 4 is 45.3 Å². The molecule has 1 saturated heterocycles. The molecule has 2 amide bonds. The van der Waals surface area contributed by atoms with Gasteiger partial charge >= 0.3 is 0 Å². The topological polar surface area (TPSA) is 147 Å². The average Bonchev–Trinajstić information content (AvgIpc) is 3.53. The number of carbonyl (C=O) groups excluding carboxylic acids is 2. The summed E-state index contributed by atoms with van der Waals surface area (Å²) >= 11 is 0. The minimum absolute atomic E-state index is 0.00763. The SMILES string of the molecule is O=C1C/C(=C\c2cnn3c(NC4CC4)nc(NC4CCC(CS(=O)(=O)c5ccc(F)cc5F)CC4)nc23)C(=O)N1. The molecular formula is C26H27F2N7O4S. The van der Waals surface area contributed by atoms with E-state index in [0.717, 1.165) is 25.0 Å². The van der Waals surface area contributed by atoms with Gasteiger partial charge in [0.25, 0.3) is 5.91 Å². The summed E-state index contributed by atoms with van der Waals surface area (Å²) in [5, 5.41) is 13.4. The molecule has 0 unspecified atom stereocenters.